The van der Waals surface area contributed by atoms with Gasteiger partial charge in [-0.15, -0.1) is 11.3 Å². The van der Waals surface area contributed by atoms with E-state index in [4.69, 9.17) is 0 Å². The van der Waals surface area contributed by atoms with Crippen molar-refractivity contribution < 1.29 is 9.53 Å². The largest absolute Gasteiger partial charge is 0.466 e. The fourth-order valence-electron chi connectivity index (χ4n) is 1.62. The first-order valence-electron chi connectivity index (χ1n) is 5.22. The number of methoxy groups -OCH3 is 1. The number of carbonyl (C=O) groups is 1. The van der Waals surface area contributed by atoms with E-state index in [1.807, 2.05) is 25.4 Å². The number of esters is 1. The van der Waals surface area contributed by atoms with Gasteiger partial charge in [0.25, 0.3) is 0 Å². The van der Waals surface area contributed by atoms with E-state index in [0.29, 0.717) is 5.57 Å². The van der Waals surface area contributed by atoms with Crippen LogP contribution in [-0.4, -0.2) is 18.1 Å². The third-order valence-corrected chi connectivity index (χ3v) is 3.55. The van der Waals surface area contributed by atoms with Crippen molar-refractivity contribution in [2.75, 3.05) is 7.11 Å². The molecule has 2 rings (SSSR count). The second-order valence-electron chi connectivity index (χ2n) is 3.84. The van der Waals surface area contributed by atoms with Crippen molar-refractivity contribution in [3.63, 3.8) is 0 Å². The van der Waals surface area contributed by atoms with Gasteiger partial charge in [-0.3, -0.25) is 4.98 Å². The van der Waals surface area contributed by atoms with Crippen molar-refractivity contribution in [3.8, 4) is 0 Å². The molecular formula is C13H13NO2S. The average Bonchev–Trinajstić information content (AvgIpc) is 2.72. The van der Waals surface area contributed by atoms with E-state index in [9.17, 15) is 4.79 Å². The molecule has 4 heteroatoms. The maximum absolute atomic E-state index is 11.3. The standard InChI is InChI=1S/C13H13NO2S/c1-8(13(15)16-3)4-10-5-11-9(2)6-14-7-12(11)17-10/h4-7H,1-3H3/b8-4+. The summed E-state index contributed by atoms with van der Waals surface area (Å²) in [6.07, 6.45) is 5.53. The molecule has 2 aromatic rings. The molecule has 0 spiro atoms. The Bertz CT molecular complexity index is 598. The SMILES string of the molecule is COC(=O)/C(C)=C/c1cc2c(C)cncc2s1. The molecule has 0 aliphatic rings. The van der Waals surface area contributed by atoms with Gasteiger partial charge in [0.2, 0.25) is 0 Å². The Morgan fingerprint density at radius 2 is 2.24 bits per heavy atom. The monoisotopic (exact) mass is 247 g/mol. The first-order valence-corrected chi connectivity index (χ1v) is 6.04. The summed E-state index contributed by atoms with van der Waals surface area (Å²) in [5.41, 5.74) is 1.75. The molecule has 0 N–H and O–H groups in total. The molecule has 0 radical (unpaired) electrons. The number of ether oxygens (including phenoxy) is 1. The summed E-state index contributed by atoms with van der Waals surface area (Å²) < 4.78 is 5.80. The third kappa shape index (κ3) is 2.36. The lowest BCUT2D eigenvalue weighted by molar-refractivity contribution is -0.135. The molecule has 2 heterocycles. The lowest BCUT2D eigenvalue weighted by Gasteiger charge is -1.96. The first kappa shape index (κ1) is 11.8. The highest BCUT2D eigenvalue weighted by Crippen LogP contribution is 2.28. The summed E-state index contributed by atoms with van der Waals surface area (Å²) in [7, 11) is 1.39. The van der Waals surface area contributed by atoms with Crippen LogP contribution < -0.4 is 0 Å². The predicted molar refractivity (Wildman–Crippen MR) is 70.0 cm³/mol. The van der Waals surface area contributed by atoms with Crippen LogP contribution in [0.4, 0.5) is 0 Å². The van der Waals surface area contributed by atoms with E-state index in [0.717, 1.165) is 15.1 Å². The molecule has 0 aliphatic carbocycles. The van der Waals surface area contributed by atoms with E-state index >= 15 is 0 Å². The molecule has 0 atom stereocenters. The number of hydrogen-bond acceptors (Lipinski definition) is 4. The summed E-state index contributed by atoms with van der Waals surface area (Å²) in [6.45, 7) is 3.78. The first-order chi connectivity index (χ1) is 8.11. The fraction of sp³-hybridized carbons (Fsp3) is 0.231. The predicted octanol–water partition coefficient (Wildman–Crippen LogP) is 3.18. The van der Waals surface area contributed by atoms with Gasteiger partial charge in [-0.1, -0.05) is 0 Å². The van der Waals surface area contributed by atoms with Gasteiger partial charge in [0.1, 0.15) is 0 Å². The smallest absolute Gasteiger partial charge is 0.333 e. The maximum atomic E-state index is 11.3. The Kier molecular flexibility index (Phi) is 3.24. The number of nitrogens with zero attached hydrogens (tertiary/aromatic N) is 1. The number of thiophene rings is 1. The normalized spacial score (nSPS) is 11.8. The van der Waals surface area contributed by atoms with Gasteiger partial charge < -0.3 is 4.74 Å². The van der Waals surface area contributed by atoms with Gasteiger partial charge >= 0.3 is 5.97 Å². The van der Waals surface area contributed by atoms with Crippen LogP contribution in [0.15, 0.2) is 24.0 Å². The Balaban J connectivity index is 2.44. The minimum atomic E-state index is -0.294. The second kappa shape index (κ2) is 4.67. The molecule has 0 amide bonds. The number of fused-ring (bicyclic) bond motifs is 1. The zero-order chi connectivity index (χ0) is 12.4. The summed E-state index contributed by atoms with van der Waals surface area (Å²) in [4.78, 5) is 16.5. The third-order valence-electron chi connectivity index (χ3n) is 2.53. The van der Waals surface area contributed by atoms with E-state index < -0.39 is 0 Å². The van der Waals surface area contributed by atoms with Crippen LogP contribution in [0.2, 0.25) is 0 Å². The van der Waals surface area contributed by atoms with Gasteiger partial charge in [-0.25, -0.2) is 4.79 Å². The zero-order valence-electron chi connectivity index (χ0n) is 9.98. The van der Waals surface area contributed by atoms with Gasteiger partial charge in [0.05, 0.1) is 11.8 Å². The van der Waals surface area contributed by atoms with E-state index in [-0.39, 0.29) is 5.97 Å². The Morgan fingerprint density at radius 3 is 2.88 bits per heavy atom. The number of rotatable bonds is 2. The molecule has 0 saturated heterocycles. The summed E-state index contributed by atoms with van der Waals surface area (Å²) >= 11 is 1.62. The molecule has 0 bridgehead atoms. The number of pyridine rings is 1. The van der Waals surface area contributed by atoms with E-state index in [1.54, 1.807) is 18.3 Å². The Hall–Kier alpha value is -1.68. The molecule has 0 aromatic carbocycles. The van der Waals surface area contributed by atoms with Crippen molar-refractivity contribution in [1.82, 2.24) is 4.98 Å². The quantitative estimate of drug-likeness (QED) is 0.604. The van der Waals surface area contributed by atoms with Crippen LogP contribution in [-0.2, 0) is 9.53 Å². The Labute approximate surface area is 104 Å². The molecule has 0 saturated carbocycles. The number of carbonyl (C=O) groups excluding carboxylic acids is 1. The second-order valence-corrected chi connectivity index (χ2v) is 4.95. The van der Waals surface area contributed by atoms with Crippen LogP contribution in [0.3, 0.4) is 0 Å². The van der Waals surface area contributed by atoms with Crippen LogP contribution in [0.5, 0.6) is 0 Å². The molecule has 88 valence electrons. The van der Waals surface area contributed by atoms with Crippen molar-refractivity contribution in [1.29, 1.82) is 0 Å². The van der Waals surface area contributed by atoms with Gasteiger partial charge in [0, 0.05) is 22.8 Å². The maximum Gasteiger partial charge on any atom is 0.333 e. The minimum Gasteiger partial charge on any atom is -0.466 e. The van der Waals surface area contributed by atoms with Crippen molar-refractivity contribution in [2.24, 2.45) is 0 Å². The Morgan fingerprint density at radius 1 is 1.47 bits per heavy atom. The van der Waals surface area contributed by atoms with E-state index in [1.165, 1.54) is 12.5 Å². The summed E-state index contributed by atoms with van der Waals surface area (Å²) in [6, 6.07) is 2.07. The van der Waals surface area contributed by atoms with Crippen LogP contribution in [0, 0.1) is 6.92 Å². The molecular weight excluding hydrogens is 234 g/mol. The molecule has 0 unspecified atom stereocenters. The topological polar surface area (TPSA) is 39.2 Å². The van der Waals surface area contributed by atoms with Gasteiger partial charge in [0.15, 0.2) is 0 Å². The summed E-state index contributed by atoms with van der Waals surface area (Å²) in [5.74, 6) is -0.294. The lowest BCUT2D eigenvalue weighted by atomic mass is 10.2. The highest BCUT2D eigenvalue weighted by Gasteiger charge is 2.06. The lowest BCUT2D eigenvalue weighted by Crippen LogP contribution is -2.00. The molecule has 17 heavy (non-hydrogen) atoms. The van der Waals surface area contributed by atoms with Gasteiger partial charge in [-0.2, -0.15) is 0 Å². The zero-order valence-corrected chi connectivity index (χ0v) is 10.8. The average molecular weight is 247 g/mol. The summed E-state index contributed by atoms with van der Waals surface area (Å²) in [5, 5.41) is 1.19. The molecule has 0 fully saturated rings. The number of aromatic nitrogens is 1. The minimum absolute atomic E-state index is 0.294. The highest BCUT2D eigenvalue weighted by atomic mass is 32.1. The highest BCUT2D eigenvalue weighted by molar-refractivity contribution is 7.19. The fourth-order valence-corrected chi connectivity index (χ4v) is 2.73. The number of hydrogen-bond donors (Lipinski definition) is 0. The van der Waals surface area contributed by atoms with Crippen LogP contribution >= 0.6 is 11.3 Å². The van der Waals surface area contributed by atoms with Gasteiger partial charge in [-0.05, 0) is 36.9 Å². The number of aryl methyl sites for hydroxylation is 1. The van der Waals surface area contributed by atoms with Crippen LogP contribution in [0.1, 0.15) is 17.4 Å². The van der Waals surface area contributed by atoms with Crippen molar-refractivity contribution in [3.05, 3.63) is 34.5 Å². The van der Waals surface area contributed by atoms with Crippen molar-refractivity contribution in [2.45, 2.75) is 13.8 Å². The molecule has 0 aliphatic heterocycles. The van der Waals surface area contributed by atoms with Crippen molar-refractivity contribution >= 4 is 33.5 Å². The molecule has 2 aromatic heterocycles. The molecule has 3 nitrogen and oxygen atoms in total. The van der Waals surface area contributed by atoms with Crippen LogP contribution in [0.25, 0.3) is 16.2 Å². The van der Waals surface area contributed by atoms with E-state index in [2.05, 4.69) is 15.8 Å².